The van der Waals surface area contributed by atoms with Crippen molar-refractivity contribution in [1.82, 2.24) is 0 Å². The largest absolute Gasteiger partial charge is 0.462 e. The summed E-state index contributed by atoms with van der Waals surface area (Å²) in [6, 6.07) is 5.32. The van der Waals surface area contributed by atoms with Gasteiger partial charge in [-0.25, -0.2) is 4.79 Å². The second-order valence-electron chi connectivity index (χ2n) is 5.24. The molecular formula is C16H26N2O3. The van der Waals surface area contributed by atoms with Crippen molar-refractivity contribution in [3.05, 3.63) is 23.8 Å². The smallest absolute Gasteiger partial charge is 0.340 e. The molecule has 1 aromatic rings. The quantitative estimate of drug-likeness (QED) is 0.416. The van der Waals surface area contributed by atoms with E-state index in [1.807, 2.05) is 6.07 Å². The zero-order valence-corrected chi connectivity index (χ0v) is 13.1. The van der Waals surface area contributed by atoms with Gasteiger partial charge in [-0.3, -0.25) is 0 Å². The highest BCUT2D eigenvalue weighted by Crippen LogP contribution is 2.23. The van der Waals surface area contributed by atoms with Crippen LogP contribution in [0.5, 0.6) is 0 Å². The number of esters is 1. The van der Waals surface area contributed by atoms with E-state index in [-0.39, 0.29) is 5.97 Å². The second-order valence-corrected chi connectivity index (χ2v) is 5.24. The lowest BCUT2D eigenvalue weighted by Gasteiger charge is -2.12. The monoisotopic (exact) mass is 294 g/mol. The highest BCUT2D eigenvalue weighted by Gasteiger charge is 2.12. The Bertz CT molecular complexity index is 447. The van der Waals surface area contributed by atoms with Crippen LogP contribution in [0.25, 0.3) is 0 Å². The van der Waals surface area contributed by atoms with Gasteiger partial charge in [0.1, 0.15) is 0 Å². The van der Waals surface area contributed by atoms with Gasteiger partial charge in [0.05, 0.1) is 23.5 Å². The zero-order valence-electron chi connectivity index (χ0n) is 13.1. The Kier molecular flexibility index (Phi) is 7.61. The summed E-state index contributed by atoms with van der Waals surface area (Å²) >= 11 is 0. The number of nitrogens with one attached hydrogen (secondary N) is 1. The van der Waals surface area contributed by atoms with Crippen LogP contribution in [0.1, 0.15) is 37.6 Å². The summed E-state index contributed by atoms with van der Waals surface area (Å²) in [5.74, 6) is 0.161. The molecule has 0 amide bonds. The summed E-state index contributed by atoms with van der Waals surface area (Å²) in [7, 11) is 0. The van der Waals surface area contributed by atoms with E-state index in [1.165, 1.54) is 0 Å². The van der Waals surface area contributed by atoms with E-state index in [2.05, 4.69) is 19.2 Å². The number of rotatable bonds is 9. The number of carbonyl (C=O) groups excluding carboxylic acids is 1. The zero-order chi connectivity index (χ0) is 15.7. The first-order valence-electron chi connectivity index (χ1n) is 7.43. The molecule has 1 rings (SSSR count). The molecule has 0 fully saturated rings. The second kappa shape index (κ2) is 9.23. The summed E-state index contributed by atoms with van der Waals surface area (Å²) < 4.78 is 10.5. The van der Waals surface area contributed by atoms with Gasteiger partial charge in [0.2, 0.25) is 0 Å². The summed E-state index contributed by atoms with van der Waals surface area (Å²) in [5.41, 5.74) is 7.59. The van der Waals surface area contributed by atoms with Gasteiger partial charge in [-0.05, 0) is 31.4 Å². The van der Waals surface area contributed by atoms with E-state index in [9.17, 15) is 4.79 Å². The van der Waals surface area contributed by atoms with Crippen LogP contribution in [0, 0.1) is 5.92 Å². The minimum Gasteiger partial charge on any atom is -0.462 e. The third kappa shape index (κ3) is 6.04. The van der Waals surface area contributed by atoms with Crippen molar-refractivity contribution in [2.75, 3.05) is 37.4 Å². The highest BCUT2D eigenvalue weighted by atomic mass is 16.5. The van der Waals surface area contributed by atoms with Crippen LogP contribution in [0.2, 0.25) is 0 Å². The average Bonchev–Trinajstić information content (AvgIpc) is 2.44. The summed E-state index contributed by atoms with van der Waals surface area (Å²) in [6.07, 6.45) is 0.885. The van der Waals surface area contributed by atoms with Gasteiger partial charge in [0.15, 0.2) is 0 Å². The molecule has 0 saturated heterocycles. The van der Waals surface area contributed by atoms with Crippen LogP contribution in [-0.4, -0.2) is 32.3 Å². The lowest BCUT2D eigenvalue weighted by molar-refractivity contribution is 0.0527. The standard InChI is InChI=1S/C16H26N2O3/c1-4-21-16(19)13-7-5-8-14(15(13)17)18-9-6-10-20-11-12(2)3/h5,7-8,12,18H,4,6,9-11,17H2,1-3H3. The molecule has 0 radical (unpaired) electrons. The number of hydrogen-bond acceptors (Lipinski definition) is 5. The predicted octanol–water partition coefficient (Wildman–Crippen LogP) is 2.92. The number of carbonyl (C=O) groups is 1. The fourth-order valence-corrected chi connectivity index (χ4v) is 1.82. The minimum atomic E-state index is -0.390. The topological polar surface area (TPSA) is 73.6 Å². The fourth-order valence-electron chi connectivity index (χ4n) is 1.82. The van der Waals surface area contributed by atoms with E-state index in [1.54, 1.807) is 19.1 Å². The molecule has 0 aliphatic rings. The molecule has 0 aromatic heterocycles. The molecule has 118 valence electrons. The number of nitrogens with two attached hydrogens (primary N) is 1. The van der Waals surface area contributed by atoms with E-state index >= 15 is 0 Å². The molecule has 0 bridgehead atoms. The Balaban J connectivity index is 2.45. The number of benzene rings is 1. The van der Waals surface area contributed by atoms with Gasteiger partial charge >= 0.3 is 5.97 Å². The predicted molar refractivity (Wildman–Crippen MR) is 85.6 cm³/mol. The molecule has 5 heteroatoms. The third-order valence-corrected chi connectivity index (χ3v) is 2.83. The van der Waals surface area contributed by atoms with Crippen molar-refractivity contribution in [3.8, 4) is 0 Å². The molecular weight excluding hydrogens is 268 g/mol. The Morgan fingerprint density at radius 1 is 1.38 bits per heavy atom. The summed E-state index contributed by atoms with van der Waals surface area (Å²) in [6.45, 7) is 8.59. The van der Waals surface area contributed by atoms with Crippen LogP contribution in [0.15, 0.2) is 18.2 Å². The van der Waals surface area contributed by atoms with E-state index in [0.717, 1.165) is 25.3 Å². The number of anilines is 2. The molecule has 0 spiro atoms. The van der Waals surface area contributed by atoms with Gasteiger partial charge in [-0.15, -0.1) is 0 Å². The molecule has 0 heterocycles. The Morgan fingerprint density at radius 2 is 2.14 bits per heavy atom. The number of ether oxygens (including phenoxy) is 2. The van der Waals surface area contributed by atoms with Crippen molar-refractivity contribution in [2.24, 2.45) is 5.92 Å². The van der Waals surface area contributed by atoms with Crippen molar-refractivity contribution in [2.45, 2.75) is 27.2 Å². The number of hydrogen-bond donors (Lipinski definition) is 2. The molecule has 1 aromatic carbocycles. The first-order valence-corrected chi connectivity index (χ1v) is 7.43. The van der Waals surface area contributed by atoms with Gasteiger partial charge in [0, 0.05) is 19.8 Å². The van der Waals surface area contributed by atoms with Crippen LogP contribution >= 0.6 is 0 Å². The maximum Gasteiger partial charge on any atom is 0.340 e. The molecule has 21 heavy (non-hydrogen) atoms. The molecule has 3 N–H and O–H groups in total. The highest BCUT2D eigenvalue weighted by molar-refractivity contribution is 5.98. The molecule has 0 atom stereocenters. The van der Waals surface area contributed by atoms with Crippen molar-refractivity contribution in [1.29, 1.82) is 0 Å². The maximum atomic E-state index is 11.7. The Morgan fingerprint density at radius 3 is 2.81 bits per heavy atom. The maximum absolute atomic E-state index is 11.7. The van der Waals surface area contributed by atoms with E-state index in [0.29, 0.717) is 30.4 Å². The van der Waals surface area contributed by atoms with Gasteiger partial charge in [-0.1, -0.05) is 19.9 Å². The first kappa shape index (κ1) is 17.3. The lowest BCUT2D eigenvalue weighted by Crippen LogP contribution is -2.12. The first-order chi connectivity index (χ1) is 10.1. The van der Waals surface area contributed by atoms with Crippen LogP contribution < -0.4 is 11.1 Å². The number of nitrogen functional groups attached to an aromatic ring is 1. The van der Waals surface area contributed by atoms with Crippen LogP contribution in [0.3, 0.4) is 0 Å². The molecule has 5 nitrogen and oxygen atoms in total. The molecule has 0 aliphatic heterocycles. The average molecular weight is 294 g/mol. The summed E-state index contributed by atoms with van der Waals surface area (Å²) in [5, 5.41) is 3.23. The molecule has 0 unspecified atom stereocenters. The van der Waals surface area contributed by atoms with Gasteiger partial charge in [-0.2, -0.15) is 0 Å². The van der Waals surface area contributed by atoms with Crippen molar-refractivity contribution < 1.29 is 14.3 Å². The fraction of sp³-hybridized carbons (Fsp3) is 0.562. The summed E-state index contributed by atoms with van der Waals surface area (Å²) in [4.78, 5) is 11.7. The third-order valence-electron chi connectivity index (χ3n) is 2.83. The van der Waals surface area contributed by atoms with Gasteiger partial charge < -0.3 is 20.5 Å². The van der Waals surface area contributed by atoms with Crippen LogP contribution in [0.4, 0.5) is 11.4 Å². The van der Waals surface area contributed by atoms with Gasteiger partial charge in [0.25, 0.3) is 0 Å². The molecule has 0 aliphatic carbocycles. The molecule has 0 saturated carbocycles. The van der Waals surface area contributed by atoms with E-state index < -0.39 is 0 Å². The Hall–Kier alpha value is -1.75. The van der Waals surface area contributed by atoms with Crippen LogP contribution in [-0.2, 0) is 9.47 Å². The van der Waals surface area contributed by atoms with Crippen molar-refractivity contribution >= 4 is 17.3 Å². The van der Waals surface area contributed by atoms with Crippen molar-refractivity contribution in [3.63, 3.8) is 0 Å². The normalized spacial score (nSPS) is 10.7. The number of para-hydroxylation sites is 1. The Labute approximate surface area is 126 Å². The van der Waals surface area contributed by atoms with E-state index in [4.69, 9.17) is 15.2 Å². The SMILES string of the molecule is CCOC(=O)c1cccc(NCCCOCC(C)C)c1N. The lowest BCUT2D eigenvalue weighted by atomic mass is 10.1. The minimum absolute atomic E-state index is 0.336.